The summed E-state index contributed by atoms with van der Waals surface area (Å²) >= 11 is 0. The molecule has 0 saturated carbocycles. The van der Waals surface area contributed by atoms with Crippen LogP contribution in [0.2, 0.25) is 0 Å². The summed E-state index contributed by atoms with van der Waals surface area (Å²) in [6.45, 7) is 6.39. The van der Waals surface area contributed by atoms with Crippen LogP contribution in [-0.2, 0) is 19.3 Å². The van der Waals surface area contributed by atoms with Gasteiger partial charge in [-0.2, -0.15) is 0 Å². The number of aryl methyl sites for hydroxylation is 3. The van der Waals surface area contributed by atoms with Gasteiger partial charge in [-0.25, -0.2) is 0 Å². The Labute approximate surface area is 141 Å². The van der Waals surface area contributed by atoms with Crippen molar-refractivity contribution in [2.45, 2.75) is 40.0 Å². The molecular formula is C22H28O. The van der Waals surface area contributed by atoms with Gasteiger partial charge in [-0.05, 0) is 36.1 Å². The van der Waals surface area contributed by atoms with E-state index < -0.39 is 0 Å². The lowest BCUT2D eigenvalue weighted by atomic mass is 10.2. The van der Waals surface area contributed by atoms with Gasteiger partial charge in [-0.1, -0.05) is 81.4 Å². The second kappa shape index (κ2) is 12.3. The molecule has 1 nitrogen and oxygen atoms in total. The highest BCUT2D eigenvalue weighted by molar-refractivity contribution is 5.14. The monoisotopic (exact) mass is 308 g/mol. The van der Waals surface area contributed by atoms with Crippen LogP contribution in [-0.4, -0.2) is 0 Å². The van der Waals surface area contributed by atoms with Gasteiger partial charge in [0.05, 0.1) is 6.26 Å². The zero-order valence-corrected chi connectivity index (χ0v) is 14.5. The van der Waals surface area contributed by atoms with Gasteiger partial charge in [0.1, 0.15) is 5.76 Å². The van der Waals surface area contributed by atoms with Crippen molar-refractivity contribution < 1.29 is 4.42 Å². The largest absolute Gasteiger partial charge is 0.469 e. The topological polar surface area (TPSA) is 13.1 Å². The first-order chi connectivity index (χ1) is 11.3. The van der Waals surface area contributed by atoms with Crippen LogP contribution in [0, 0.1) is 0 Å². The van der Waals surface area contributed by atoms with Crippen molar-refractivity contribution in [2.24, 2.45) is 0 Å². The van der Waals surface area contributed by atoms with E-state index in [2.05, 4.69) is 69.3 Å². The maximum absolute atomic E-state index is 4.98. The highest BCUT2D eigenvalue weighted by atomic mass is 16.3. The smallest absolute Gasteiger partial charge is 0.103 e. The molecule has 3 rings (SSSR count). The fourth-order valence-electron chi connectivity index (χ4n) is 1.94. The third-order valence-corrected chi connectivity index (χ3v) is 3.43. The normalized spacial score (nSPS) is 9.17. The van der Waals surface area contributed by atoms with E-state index in [9.17, 15) is 0 Å². The maximum Gasteiger partial charge on any atom is 0.103 e. The summed E-state index contributed by atoms with van der Waals surface area (Å²) in [5, 5.41) is 0. The summed E-state index contributed by atoms with van der Waals surface area (Å²) in [6, 6.07) is 24.8. The Morgan fingerprint density at radius 1 is 0.565 bits per heavy atom. The van der Waals surface area contributed by atoms with Crippen molar-refractivity contribution >= 4 is 0 Å². The Morgan fingerprint density at radius 2 is 1.04 bits per heavy atom. The fourth-order valence-corrected chi connectivity index (χ4v) is 1.94. The lowest BCUT2D eigenvalue weighted by Gasteiger charge is -1.89. The maximum atomic E-state index is 4.98. The summed E-state index contributed by atoms with van der Waals surface area (Å²) in [5.41, 5.74) is 2.82. The SMILES string of the molecule is CCc1ccccc1.CCc1ccccc1.CCc1ccco1. The molecule has 0 fully saturated rings. The van der Waals surface area contributed by atoms with Crippen LogP contribution < -0.4 is 0 Å². The Balaban J connectivity index is 0.000000173. The van der Waals surface area contributed by atoms with Gasteiger partial charge in [0, 0.05) is 6.42 Å². The number of hydrogen-bond acceptors (Lipinski definition) is 1. The third kappa shape index (κ3) is 8.67. The average molecular weight is 308 g/mol. The van der Waals surface area contributed by atoms with Crippen LogP contribution in [0.1, 0.15) is 37.7 Å². The minimum absolute atomic E-state index is 0.993. The minimum Gasteiger partial charge on any atom is -0.469 e. The highest BCUT2D eigenvalue weighted by Gasteiger charge is 1.84. The summed E-state index contributed by atoms with van der Waals surface area (Å²) in [5.74, 6) is 1.06. The predicted molar refractivity (Wildman–Crippen MR) is 99.7 cm³/mol. The number of rotatable bonds is 3. The van der Waals surface area contributed by atoms with Gasteiger partial charge < -0.3 is 4.42 Å². The molecule has 122 valence electrons. The van der Waals surface area contributed by atoms with Crippen LogP contribution in [0.25, 0.3) is 0 Å². The van der Waals surface area contributed by atoms with E-state index in [0.717, 1.165) is 25.0 Å². The molecule has 0 saturated heterocycles. The number of furan rings is 1. The molecule has 0 amide bonds. The van der Waals surface area contributed by atoms with E-state index in [0.29, 0.717) is 0 Å². The lowest BCUT2D eigenvalue weighted by Crippen LogP contribution is -1.73. The van der Waals surface area contributed by atoms with E-state index in [1.165, 1.54) is 11.1 Å². The van der Waals surface area contributed by atoms with Crippen molar-refractivity contribution in [1.82, 2.24) is 0 Å². The molecule has 3 aromatic rings. The third-order valence-electron chi connectivity index (χ3n) is 3.43. The Kier molecular flexibility index (Phi) is 10.0. The van der Waals surface area contributed by atoms with E-state index in [1.807, 2.05) is 24.3 Å². The highest BCUT2D eigenvalue weighted by Crippen LogP contribution is 1.98. The van der Waals surface area contributed by atoms with Crippen molar-refractivity contribution in [3.63, 3.8) is 0 Å². The zero-order chi connectivity index (χ0) is 16.8. The van der Waals surface area contributed by atoms with Crippen LogP contribution in [0.3, 0.4) is 0 Å². The second-order valence-electron chi connectivity index (χ2n) is 5.11. The van der Waals surface area contributed by atoms with Crippen LogP contribution in [0.15, 0.2) is 83.5 Å². The molecule has 1 heterocycles. The molecule has 0 aliphatic carbocycles. The van der Waals surface area contributed by atoms with Gasteiger partial charge in [0.15, 0.2) is 0 Å². The molecule has 0 aliphatic rings. The fraction of sp³-hybridized carbons (Fsp3) is 0.273. The van der Waals surface area contributed by atoms with E-state index in [1.54, 1.807) is 6.26 Å². The van der Waals surface area contributed by atoms with Gasteiger partial charge in [-0.15, -0.1) is 0 Å². The van der Waals surface area contributed by atoms with E-state index in [4.69, 9.17) is 4.42 Å². The first kappa shape index (κ1) is 18.8. The second-order valence-corrected chi connectivity index (χ2v) is 5.11. The zero-order valence-electron chi connectivity index (χ0n) is 14.5. The summed E-state index contributed by atoms with van der Waals surface area (Å²) in [6.07, 6.45) is 4.97. The molecular weight excluding hydrogens is 280 g/mol. The van der Waals surface area contributed by atoms with E-state index in [-0.39, 0.29) is 0 Å². The molecule has 0 N–H and O–H groups in total. The van der Waals surface area contributed by atoms with Crippen LogP contribution >= 0.6 is 0 Å². The van der Waals surface area contributed by atoms with Crippen molar-refractivity contribution in [3.8, 4) is 0 Å². The minimum atomic E-state index is 0.993. The quantitative estimate of drug-likeness (QED) is 0.550. The molecule has 0 aliphatic heterocycles. The lowest BCUT2D eigenvalue weighted by molar-refractivity contribution is 0.516. The Hall–Kier alpha value is -2.28. The van der Waals surface area contributed by atoms with Gasteiger partial charge in [0.25, 0.3) is 0 Å². The van der Waals surface area contributed by atoms with Crippen LogP contribution in [0.5, 0.6) is 0 Å². The first-order valence-electron chi connectivity index (χ1n) is 8.40. The average Bonchev–Trinajstić information content (AvgIpc) is 3.18. The molecule has 0 radical (unpaired) electrons. The van der Waals surface area contributed by atoms with Crippen LogP contribution in [0.4, 0.5) is 0 Å². The van der Waals surface area contributed by atoms with Crippen molar-refractivity contribution in [3.05, 3.63) is 95.9 Å². The number of hydrogen-bond donors (Lipinski definition) is 0. The molecule has 2 aromatic carbocycles. The summed E-state index contributed by atoms with van der Waals surface area (Å²) in [7, 11) is 0. The van der Waals surface area contributed by atoms with Crippen molar-refractivity contribution in [1.29, 1.82) is 0 Å². The Bertz CT molecular complexity index is 543. The van der Waals surface area contributed by atoms with Gasteiger partial charge >= 0.3 is 0 Å². The summed E-state index contributed by atoms with van der Waals surface area (Å²) in [4.78, 5) is 0. The Morgan fingerprint density at radius 3 is 1.26 bits per heavy atom. The standard InChI is InChI=1S/2C8H10.C6H8O/c2*1-2-8-6-4-3-5-7-8;1-2-6-4-3-5-7-6/h2*3-7H,2H2,1H3;3-5H,2H2,1H3. The first-order valence-corrected chi connectivity index (χ1v) is 8.40. The van der Waals surface area contributed by atoms with Crippen molar-refractivity contribution in [2.75, 3.05) is 0 Å². The number of benzene rings is 2. The van der Waals surface area contributed by atoms with Gasteiger partial charge in [0.2, 0.25) is 0 Å². The molecule has 0 bridgehead atoms. The molecule has 23 heavy (non-hydrogen) atoms. The molecule has 0 atom stereocenters. The molecule has 0 unspecified atom stereocenters. The predicted octanol–water partition coefficient (Wildman–Crippen LogP) is 6.34. The molecule has 1 heteroatoms. The van der Waals surface area contributed by atoms with Gasteiger partial charge in [-0.3, -0.25) is 0 Å². The molecule has 0 spiro atoms. The summed E-state index contributed by atoms with van der Waals surface area (Å²) < 4.78 is 4.98. The molecule has 1 aromatic heterocycles. The van der Waals surface area contributed by atoms with E-state index >= 15 is 0 Å².